The van der Waals surface area contributed by atoms with Gasteiger partial charge in [-0.05, 0) is 42.2 Å². The van der Waals surface area contributed by atoms with Gasteiger partial charge >= 0.3 is 5.97 Å². The van der Waals surface area contributed by atoms with Crippen LogP contribution in [0.1, 0.15) is 25.6 Å². The lowest BCUT2D eigenvalue weighted by Gasteiger charge is -2.06. The second-order valence-electron chi connectivity index (χ2n) is 3.57. The maximum Gasteiger partial charge on any atom is 0.335 e. The minimum Gasteiger partial charge on any atom is -0.478 e. The third-order valence-electron chi connectivity index (χ3n) is 2.30. The number of carbonyl (C=O) groups excluding carboxylic acids is 1. The summed E-state index contributed by atoms with van der Waals surface area (Å²) in [6, 6.07) is 4.61. The Kier molecular flexibility index (Phi) is 3.33. The topological polar surface area (TPSA) is 92.2 Å². The highest BCUT2D eigenvalue weighted by Crippen LogP contribution is 2.16. The van der Waals surface area contributed by atoms with Crippen LogP contribution in [0.2, 0.25) is 0 Å². The summed E-state index contributed by atoms with van der Waals surface area (Å²) in [4.78, 5) is 22.9. The van der Waals surface area contributed by atoms with Gasteiger partial charge < -0.3 is 10.4 Å². The number of amides is 1. The van der Waals surface area contributed by atoms with Gasteiger partial charge in [0.15, 0.2) is 0 Å². The highest BCUT2D eigenvalue weighted by molar-refractivity contribution is 7.07. The second-order valence-corrected chi connectivity index (χ2v) is 4.36. The van der Waals surface area contributed by atoms with Gasteiger partial charge in [-0.1, -0.05) is 4.49 Å². The number of nitrogens with one attached hydrogen (secondary N) is 1. The molecule has 0 unspecified atom stereocenters. The molecule has 0 atom stereocenters. The molecule has 1 aromatic heterocycles. The third kappa shape index (κ3) is 2.51. The Labute approximate surface area is 106 Å². The van der Waals surface area contributed by atoms with Crippen LogP contribution < -0.4 is 5.32 Å². The number of aromatic nitrogens is 2. The van der Waals surface area contributed by atoms with Gasteiger partial charge in [0.1, 0.15) is 4.88 Å². The highest BCUT2D eigenvalue weighted by atomic mass is 32.1. The molecule has 0 spiro atoms. The molecule has 92 valence electrons. The van der Waals surface area contributed by atoms with Gasteiger partial charge in [-0.25, -0.2) is 4.79 Å². The summed E-state index contributed by atoms with van der Waals surface area (Å²) in [6.45, 7) is 1.67. The van der Waals surface area contributed by atoms with Gasteiger partial charge in [0.25, 0.3) is 5.91 Å². The van der Waals surface area contributed by atoms with E-state index in [0.717, 1.165) is 11.5 Å². The van der Waals surface area contributed by atoms with E-state index >= 15 is 0 Å². The first-order valence-electron chi connectivity index (χ1n) is 5.00. The number of aryl methyl sites for hydroxylation is 1. The van der Waals surface area contributed by atoms with E-state index in [2.05, 4.69) is 14.9 Å². The standard InChI is InChI=1S/C11H9N3O3S/c1-6-4-7(2-3-8(6)11(16)17)13-10(15)9-5-12-14-18-9/h2-5H,1H3,(H,13,15)(H,16,17). The first-order chi connectivity index (χ1) is 8.58. The van der Waals surface area contributed by atoms with Crippen LogP contribution in [0.15, 0.2) is 24.4 Å². The van der Waals surface area contributed by atoms with Gasteiger partial charge in [-0.15, -0.1) is 5.10 Å². The molecule has 18 heavy (non-hydrogen) atoms. The number of benzene rings is 1. The van der Waals surface area contributed by atoms with E-state index in [1.165, 1.54) is 12.3 Å². The summed E-state index contributed by atoms with van der Waals surface area (Å²) in [7, 11) is 0. The molecule has 0 saturated heterocycles. The predicted molar refractivity (Wildman–Crippen MR) is 66.0 cm³/mol. The second kappa shape index (κ2) is 4.92. The molecule has 0 aliphatic carbocycles. The lowest BCUT2D eigenvalue weighted by Crippen LogP contribution is -2.11. The van der Waals surface area contributed by atoms with Crippen molar-refractivity contribution in [1.82, 2.24) is 9.59 Å². The molecule has 1 amide bonds. The fourth-order valence-corrected chi connectivity index (χ4v) is 1.85. The van der Waals surface area contributed by atoms with Gasteiger partial charge in [0.05, 0.1) is 11.8 Å². The normalized spacial score (nSPS) is 10.1. The Morgan fingerprint density at radius 1 is 1.39 bits per heavy atom. The molecule has 0 fully saturated rings. The fraction of sp³-hybridized carbons (Fsp3) is 0.0909. The number of aromatic carboxylic acids is 1. The molecule has 2 rings (SSSR count). The number of hydrogen-bond donors (Lipinski definition) is 2. The molecule has 2 aromatic rings. The zero-order valence-electron chi connectivity index (χ0n) is 9.38. The number of hydrogen-bond acceptors (Lipinski definition) is 5. The van der Waals surface area contributed by atoms with E-state index in [4.69, 9.17) is 5.11 Å². The maximum atomic E-state index is 11.7. The van der Waals surface area contributed by atoms with Gasteiger partial charge in [0.2, 0.25) is 0 Å². The van der Waals surface area contributed by atoms with Crippen molar-refractivity contribution < 1.29 is 14.7 Å². The van der Waals surface area contributed by atoms with Crippen LogP contribution in [0.4, 0.5) is 5.69 Å². The monoisotopic (exact) mass is 263 g/mol. The number of carboxylic acids is 1. The molecular formula is C11H9N3O3S. The van der Waals surface area contributed by atoms with Crippen LogP contribution >= 0.6 is 11.5 Å². The molecule has 1 aromatic carbocycles. The smallest absolute Gasteiger partial charge is 0.335 e. The van der Waals surface area contributed by atoms with E-state index in [1.807, 2.05) is 0 Å². The van der Waals surface area contributed by atoms with Crippen LogP contribution in [0.3, 0.4) is 0 Å². The molecule has 0 radical (unpaired) electrons. The number of rotatable bonds is 3. The Bertz CT molecular complexity index is 596. The minimum absolute atomic E-state index is 0.215. The number of anilines is 1. The van der Waals surface area contributed by atoms with Crippen molar-refractivity contribution in [1.29, 1.82) is 0 Å². The number of carboxylic acid groups (broad SMARTS) is 1. The summed E-state index contributed by atoms with van der Waals surface area (Å²) in [5.41, 5.74) is 1.34. The van der Waals surface area contributed by atoms with Crippen LogP contribution in [-0.2, 0) is 0 Å². The lowest BCUT2D eigenvalue weighted by molar-refractivity contribution is 0.0696. The molecular weight excluding hydrogens is 254 g/mol. The molecule has 2 N–H and O–H groups in total. The lowest BCUT2D eigenvalue weighted by atomic mass is 10.1. The molecule has 0 aliphatic rings. The van der Waals surface area contributed by atoms with E-state index in [1.54, 1.807) is 19.1 Å². The summed E-state index contributed by atoms with van der Waals surface area (Å²) in [5.74, 6) is -1.30. The van der Waals surface area contributed by atoms with E-state index in [0.29, 0.717) is 16.1 Å². The largest absolute Gasteiger partial charge is 0.478 e. The highest BCUT2D eigenvalue weighted by Gasteiger charge is 2.11. The van der Waals surface area contributed by atoms with Crippen LogP contribution in [0.25, 0.3) is 0 Å². The quantitative estimate of drug-likeness (QED) is 0.880. The SMILES string of the molecule is Cc1cc(NC(=O)c2cnns2)ccc1C(=O)O. The van der Waals surface area contributed by atoms with Crippen LogP contribution in [0.5, 0.6) is 0 Å². The summed E-state index contributed by atoms with van der Waals surface area (Å²) < 4.78 is 3.59. The molecule has 1 heterocycles. The number of carbonyl (C=O) groups is 2. The van der Waals surface area contributed by atoms with Crippen LogP contribution in [-0.4, -0.2) is 26.6 Å². The van der Waals surface area contributed by atoms with E-state index in [-0.39, 0.29) is 11.5 Å². The molecule has 6 nitrogen and oxygen atoms in total. The molecule has 0 bridgehead atoms. The Morgan fingerprint density at radius 3 is 2.72 bits per heavy atom. The first-order valence-corrected chi connectivity index (χ1v) is 5.78. The number of nitrogens with zero attached hydrogens (tertiary/aromatic N) is 2. The van der Waals surface area contributed by atoms with Crippen LogP contribution in [0, 0.1) is 6.92 Å². The Hall–Kier alpha value is -2.28. The van der Waals surface area contributed by atoms with Crippen molar-refractivity contribution >= 4 is 29.1 Å². The van der Waals surface area contributed by atoms with Gasteiger partial charge in [0, 0.05) is 5.69 Å². The van der Waals surface area contributed by atoms with Gasteiger partial charge in [-0.3, -0.25) is 4.79 Å². The first kappa shape index (κ1) is 12.2. The summed E-state index contributed by atoms with van der Waals surface area (Å²) in [5, 5.41) is 15.1. The van der Waals surface area contributed by atoms with Crippen molar-refractivity contribution in [2.75, 3.05) is 5.32 Å². The average molecular weight is 263 g/mol. The average Bonchev–Trinajstić information content (AvgIpc) is 2.81. The van der Waals surface area contributed by atoms with E-state index in [9.17, 15) is 9.59 Å². The van der Waals surface area contributed by atoms with Crippen molar-refractivity contribution in [2.45, 2.75) is 6.92 Å². The van der Waals surface area contributed by atoms with Crippen molar-refractivity contribution in [3.05, 3.63) is 40.4 Å². The van der Waals surface area contributed by atoms with Gasteiger partial charge in [-0.2, -0.15) is 0 Å². The van der Waals surface area contributed by atoms with Crippen molar-refractivity contribution in [2.24, 2.45) is 0 Å². The zero-order valence-corrected chi connectivity index (χ0v) is 10.2. The molecule has 7 heteroatoms. The minimum atomic E-state index is -0.989. The Balaban J connectivity index is 2.18. The van der Waals surface area contributed by atoms with Crippen molar-refractivity contribution in [3.63, 3.8) is 0 Å². The fourth-order valence-electron chi connectivity index (χ4n) is 1.44. The summed E-state index contributed by atoms with van der Waals surface area (Å²) in [6.07, 6.45) is 1.37. The molecule has 0 saturated carbocycles. The Morgan fingerprint density at radius 2 is 2.17 bits per heavy atom. The van der Waals surface area contributed by atoms with E-state index < -0.39 is 5.97 Å². The zero-order chi connectivity index (χ0) is 13.1. The predicted octanol–water partition coefficient (Wildman–Crippen LogP) is 1.80. The van der Waals surface area contributed by atoms with Crippen molar-refractivity contribution in [3.8, 4) is 0 Å². The maximum absolute atomic E-state index is 11.7. The summed E-state index contributed by atoms with van der Waals surface area (Å²) >= 11 is 0.995. The molecule has 0 aliphatic heterocycles. The third-order valence-corrected chi connectivity index (χ3v) is 2.96.